The van der Waals surface area contributed by atoms with Gasteiger partial charge in [0, 0.05) is 0 Å². The van der Waals surface area contributed by atoms with Crippen LogP contribution in [0.3, 0.4) is 0 Å². The predicted octanol–water partition coefficient (Wildman–Crippen LogP) is 11.3. The molecule has 0 aromatic carbocycles. The second-order valence-corrected chi connectivity index (χ2v) is 15.0. The van der Waals surface area contributed by atoms with Crippen LogP contribution in [0.5, 0.6) is 0 Å². The Hall–Kier alpha value is -1.47. The molecule has 6 nitrogen and oxygen atoms in total. The number of carbonyl (C=O) groups is 1. The van der Waals surface area contributed by atoms with Crippen LogP contribution in [0.2, 0.25) is 0 Å². The van der Waals surface area contributed by atoms with Gasteiger partial charge < -0.3 is 25.7 Å². The minimum absolute atomic E-state index is 0.358. The van der Waals surface area contributed by atoms with Gasteiger partial charge in [0.05, 0.1) is 18.8 Å². The van der Waals surface area contributed by atoms with E-state index in [-0.39, 0.29) is 0 Å². The highest BCUT2D eigenvalue weighted by Crippen LogP contribution is 2.15. The number of unbranched alkanes of at least 4 members (excludes halogenated alkanes) is 24. The van der Waals surface area contributed by atoms with Gasteiger partial charge >= 0.3 is 0 Å². The average Bonchev–Trinajstić information content (AvgIpc) is 3.13. The summed E-state index contributed by atoms with van der Waals surface area (Å²) in [5, 5.41) is 43.4. The minimum Gasteiger partial charge on any atom is -0.394 e. The molecule has 0 aromatic rings. The number of amides is 1. The maximum atomic E-state index is 12.5. The molecule has 0 radical (unpaired) electrons. The average molecular weight is 720 g/mol. The molecule has 4 unspecified atom stereocenters. The first-order valence-corrected chi connectivity index (χ1v) is 21.9. The molecule has 0 rings (SSSR count). The van der Waals surface area contributed by atoms with Crippen molar-refractivity contribution in [2.45, 2.75) is 237 Å². The van der Waals surface area contributed by atoms with Crippen molar-refractivity contribution < 1.29 is 25.2 Å². The van der Waals surface area contributed by atoms with Gasteiger partial charge in [0.2, 0.25) is 5.91 Å². The first-order chi connectivity index (χ1) is 25.0. The van der Waals surface area contributed by atoms with Gasteiger partial charge in [0.1, 0.15) is 12.2 Å². The third kappa shape index (κ3) is 34.1. The lowest BCUT2D eigenvalue weighted by Gasteiger charge is -2.27. The highest BCUT2D eigenvalue weighted by molar-refractivity contribution is 5.80. The number of aliphatic hydroxyl groups excluding tert-OH is 4. The van der Waals surface area contributed by atoms with Crippen LogP contribution in [0.4, 0.5) is 0 Å². The third-order valence-electron chi connectivity index (χ3n) is 10.1. The molecule has 6 heteroatoms. The molecule has 0 aliphatic rings. The molecule has 1 amide bonds. The monoisotopic (exact) mass is 720 g/mol. The lowest BCUT2D eigenvalue weighted by molar-refractivity contribution is -0.132. The summed E-state index contributed by atoms with van der Waals surface area (Å²) in [6, 6.07) is -1.01. The fraction of sp³-hybridized carbons (Fsp3) is 0.844. The molecule has 0 heterocycles. The Balaban J connectivity index is 3.65. The van der Waals surface area contributed by atoms with E-state index in [0.29, 0.717) is 19.3 Å². The Morgan fingerprint density at radius 2 is 0.882 bits per heavy atom. The highest BCUT2D eigenvalue weighted by atomic mass is 16.3. The normalized spacial score (nSPS) is 14.5. The Bertz CT molecular complexity index is 812. The Labute approximate surface area is 316 Å². The topological polar surface area (TPSA) is 110 Å². The summed E-state index contributed by atoms with van der Waals surface area (Å²) < 4.78 is 0. The second kappa shape index (κ2) is 39.7. The molecule has 0 aliphatic carbocycles. The van der Waals surface area contributed by atoms with Gasteiger partial charge in [-0.1, -0.05) is 179 Å². The summed E-state index contributed by atoms with van der Waals surface area (Å²) in [4.78, 5) is 12.5. The van der Waals surface area contributed by atoms with E-state index in [1.165, 1.54) is 135 Å². The van der Waals surface area contributed by atoms with Crippen LogP contribution < -0.4 is 5.32 Å². The lowest BCUT2D eigenvalue weighted by atomic mass is 10.00. The largest absolute Gasteiger partial charge is 0.394 e. The number of allylic oxidation sites excluding steroid dienone is 6. The zero-order chi connectivity index (χ0) is 37.5. The van der Waals surface area contributed by atoms with E-state index in [4.69, 9.17) is 0 Å². The van der Waals surface area contributed by atoms with Gasteiger partial charge in [-0.15, -0.1) is 0 Å². The van der Waals surface area contributed by atoms with Crippen molar-refractivity contribution >= 4 is 5.91 Å². The van der Waals surface area contributed by atoms with Crippen LogP contribution in [0, 0.1) is 0 Å². The van der Waals surface area contributed by atoms with Crippen molar-refractivity contribution in [2.75, 3.05) is 6.61 Å². The van der Waals surface area contributed by atoms with Gasteiger partial charge in [-0.25, -0.2) is 0 Å². The van der Waals surface area contributed by atoms with Crippen molar-refractivity contribution in [1.29, 1.82) is 0 Å². The van der Waals surface area contributed by atoms with Crippen LogP contribution in [0.25, 0.3) is 0 Å². The SMILES string of the molecule is CC/C=C/CC/C=C/CCCC(O)C(O)C(CO)NC(=O)C(O)CCCCCCCCCCCC/C=C\CCCCCCCCCCCCCC. The number of aliphatic hydroxyl groups is 4. The standard InChI is InChI=1S/C45H85NO5/c1-3-5-7-9-11-13-14-15-16-17-18-19-20-21-22-23-24-25-26-27-28-29-31-33-35-37-39-43(49)45(51)46-41(40-47)44(50)42(48)38-36-34-32-30-12-10-8-6-4-2/h6,8,21-22,30,32,41-44,47-50H,3-5,7,9-20,23-29,31,33-40H2,1-2H3,(H,46,51)/b8-6+,22-21-,32-30+. The zero-order valence-corrected chi connectivity index (χ0v) is 33.6. The predicted molar refractivity (Wildman–Crippen MR) is 219 cm³/mol. The summed E-state index contributed by atoms with van der Waals surface area (Å²) in [5.74, 6) is -0.601. The smallest absolute Gasteiger partial charge is 0.249 e. The molecule has 51 heavy (non-hydrogen) atoms. The molecule has 0 fully saturated rings. The lowest BCUT2D eigenvalue weighted by Crippen LogP contribution is -2.53. The van der Waals surface area contributed by atoms with E-state index in [2.05, 4.69) is 55.6 Å². The molecule has 300 valence electrons. The summed E-state index contributed by atoms with van der Waals surface area (Å²) in [6.45, 7) is 3.90. The molecule has 0 saturated heterocycles. The molecule has 4 atom stereocenters. The Morgan fingerprint density at radius 3 is 1.33 bits per heavy atom. The first kappa shape index (κ1) is 49.5. The van der Waals surface area contributed by atoms with Crippen LogP contribution in [0.15, 0.2) is 36.5 Å². The third-order valence-corrected chi connectivity index (χ3v) is 10.1. The molecule has 0 spiro atoms. The number of hydrogen-bond acceptors (Lipinski definition) is 5. The van der Waals surface area contributed by atoms with Crippen LogP contribution >= 0.6 is 0 Å². The van der Waals surface area contributed by atoms with E-state index in [9.17, 15) is 25.2 Å². The minimum atomic E-state index is -1.29. The summed E-state index contributed by atoms with van der Waals surface area (Å²) in [6.07, 6.45) is 46.4. The molecular weight excluding hydrogens is 634 g/mol. The molecule has 5 N–H and O–H groups in total. The molecule has 0 saturated carbocycles. The second-order valence-electron chi connectivity index (χ2n) is 15.0. The number of rotatable bonds is 39. The van der Waals surface area contributed by atoms with Crippen molar-refractivity contribution in [3.63, 3.8) is 0 Å². The van der Waals surface area contributed by atoms with E-state index in [1.54, 1.807) is 0 Å². The summed E-state index contributed by atoms with van der Waals surface area (Å²) >= 11 is 0. The first-order valence-electron chi connectivity index (χ1n) is 21.9. The van der Waals surface area contributed by atoms with Crippen LogP contribution in [-0.2, 0) is 4.79 Å². The van der Waals surface area contributed by atoms with Crippen molar-refractivity contribution in [3.8, 4) is 0 Å². The van der Waals surface area contributed by atoms with Crippen molar-refractivity contribution in [1.82, 2.24) is 5.32 Å². The maximum absolute atomic E-state index is 12.5. The number of hydrogen-bond donors (Lipinski definition) is 5. The van der Waals surface area contributed by atoms with E-state index in [1.807, 2.05) is 0 Å². The maximum Gasteiger partial charge on any atom is 0.249 e. The quantitative estimate of drug-likeness (QED) is 0.0321. The van der Waals surface area contributed by atoms with Gasteiger partial charge in [-0.3, -0.25) is 4.79 Å². The fourth-order valence-electron chi connectivity index (χ4n) is 6.60. The van der Waals surface area contributed by atoms with Gasteiger partial charge in [0.15, 0.2) is 0 Å². The van der Waals surface area contributed by atoms with Crippen molar-refractivity contribution in [2.24, 2.45) is 0 Å². The summed E-state index contributed by atoms with van der Waals surface area (Å²) in [7, 11) is 0. The number of carbonyl (C=O) groups excluding carboxylic acids is 1. The Morgan fingerprint density at radius 1 is 0.490 bits per heavy atom. The molecule has 0 aromatic heterocycles. The fourth-order valence-corrected chi connectivity index (χ4v) is 6.60. The van der Waals surface area contributed by atoms with E-state index in [0.717, 1.165) is 44.9 Å². The van der Waals surface area contributed by atoms with Crippen LogP contribution in [-0.4, -0.2) is 57.3 Å². The molecule has 0 bridgehead atoms. The number of nitrogens with one attached hydrogen (secondary N) is 1. The zero-order valence-electron chi connectivity index (χ0n) is 33.6. The highest BCUT2D eigenvalue weighted by Gasteiger charge is 2.28. The van der Waals surface area contributed by atoms with Gasteiger partial charge in [0.25, 0.3) is 0 Å². The summed E-state index contributed by atoms with van der Waals surface area (Å²) in [5.41, 5.74) is 0. The van der Waals surface area contributed by atoms with Gasteiger partial charge in [-0.05, 0) is 70.6 Å². The Kier molecular flexibility index (Phi) is 38.6. The van der Waals surface area contributed by atoms with E-state index >= 15 is 0 Å². The molecular formula is C45H85NO5. The van der Waals surface area contributed by atoms with E-state index < -0.39 is 36.9 Å². The molecule has 0 aliphatic heterocycles. The van der Waals surface area contributed by atoms with Crippen molar-refractivity contribution in [3.05, 3.63) is 36.5 Å². The van der Waals surface area contributed by atoms with Gasteiger partial charge in [-0.2, -0.15) is 0 Å². The van der Waals surface area contributed by atoms with Crippen LogP contribution in [0.1, 0.15) is 213 Å².